The van der Waals surface area contributed by atoms with Gasteiger partial charge in [-0.15, -0.1) is 0 Å². The van der Waals surface area contributed by atoms with E-state index in [0.717, 1.165) is 12.8 Å². The molecule has 2 nitrogen and oxygen atoms in total. The van der Waals surface area contributed by atoms with Crippen molar-refractivity contribution in [2.75, 3.05) is 0 Å². The molecule has 88 valence electrons. The minimum Gasteiger partial charge on any atom is -0.456 e. The highest BCUT2D eigenvalue weighted by atomic mass is 16.6. The number of hydrogen-bond donors (Lipinski definition) is 0. The Morgan fingerprint density at radius 1 is 1.31 bits per heavy atom. The fraction of sp³-hybridized carbons (Fsp3) is 0.500. The number of aryl methyl sites for hydroxylation is 1. The summed E-state index contributed by atoms with van der Waals surface area (Å²) < 4.78 is 5.32. The summed E-state index contributed by atoms with van der Waals surface area (Å²) in [4.78, 5) is 11.8. The molecule has 0 aromatic heterocycles. The Hall–Kier alpha value is -1.31. The van der Waals surface area contributed by atoms with E-state index < -0.39 is 5.60 Å². The Balaban J connectivity index is 2.79. The van der Waals surface area contributed by atoms with E-state index in [0.29, 0.717) is 5.56 Å². The molecular weight excluding hydrogens is 200 g/mol. The zero-order valence-electron chi connectivity index (χ0n) is 10.5. The minimum absolute atomic E-state index is 0.245. The normalized spacial score (nSPS) is 11.2. The summed E-state index contributed by atoms with van der Waals surface area (Å²) in [6, 6.07) is 7.66. The zero-order chi connectivity index (χ0) is 12.2. The third-order valence-corrected chi connectivity index (χ3v) is 2.10. The Morgan fingerprint density at radius 2 is 2.00 bits per heavy atom. The first-order chi connectivity index (χ1) is 7.42. The Kier molecular flexibility index (Phi) is 4.11. The molecule has 0 bridgehead atoms. The van der Waals surface area contributed by atoms with E-state index in [1.54, 1.807) is 6.07 Å². The smallest absolute Gasteiger partial charge is 0.338 e. The van der Waals surface area contributed by atoms with E-state index in [4.69, 9.17) is 4.74 Å². The fourth-order valence-electron chi connectivity index (χ4n) is 1.48. The highest BCUT2D eigenvalue weighted by Crippen LogP contribution is 2.14. The molecule has 16 heavy (non-hydrogen) atoms. The van der Waals surface area contributed by atoms with Crippen molar-refractivity contribution < 1.29 is 9.53 Å². The monoisotopic (exact) mass is 220 g/mol. The third kappa shape index (κ3) is 4.05. The highest BCUT2D eigenvalue weighted by molar-refractivity contribution is 5.89. The molecule has 0 spiro atoms. The molecule has 0 unspecified atom stereocenters. The summed E-state index contributed by atoms with van der Waals surface area (Å²) in [6.07, 6.45) is 2.08. The first-order valence-corrected chi connectivity index (χ1v) is 5.74. The predicted octanol–water partition coefficient (Wildman–Crippen LogP) is 3.59. The highest BCUT2D eigenvalue weighted by Gasteiger charge is 2.17. The van der Waals surface area contributed by atoms with Crippen molar-refractivity contribution in [3.8, 4) is 0 Å². The van der Waals surface area contributed by atoms with Crippen molar-refractivity contribution in [2.24, 2.45) is 0 Å². The van der Waals surface area contributed by atoms with Gasteiger partial charge in [0.25, 0.3) is 0 Å². The maximum absolute atomic E-state index is 11.8. The Morgan fingerprint density at radius 3 is 2.56 bits per heavy atom. The van der Waals surface area contributed by atoms with Crippen LogP contribution in [0.15, 0.2) is 24.3 Å². The second-order valence-corrected chi connectivity index (χ2v) is 4.95. The number of hydrogen-bond acceptors (Lipinski definition) is 2. The number of carbonyl (C=O) groups is 1. The van der Waals surface area contributed by atoms with Crippen LogP contribution in [-0.2, 0) is 11.2 Å². The topological polar surface area (TPSA) is 26.3 Å². The van der Waals surface area contributed by atoms with Crippen molar-refractivity contribution in [1.82, 2.24) is 0 Å². The van der Waals surface area contributed by atoms with Crippen molar-refractivity contribution in [3.63, 3.8) is 0 Å². The molecule has 0 amide bonds. The van der Waals surface area contributed by atoms with Crippen LogP contribution in [0.5, 0.6) is 0 Å². The lowest BCUT2D eigenvalue weighted by molar-refractivity contribution is 0.00694. The number of benzene rings is 1. The van der Waals surface area contributed by atoms with Gasteiger partial charge in [-0.05, 0) is 44.9 Å². The lowest BCUT2D eigenvalue weighted by atomic mass is 10.1. The SMILES string of the molecule is CCCc1cccc(C(=O)OC(C)(C)C)c1. The largest absolute Gasteiger partial charge is 0.456 e. The molecule has 0 aliphatic heterocycles. The van der Waals surface area contributed by atoms with Crippen molar-refractivity contribution >= 4 is 5.97 Å². The molecule has 1 rings (SSSR count). The molecule has 0 aliphatic carbocycles. The van der Waals surface area contributed by atoms with Crippen LogP contribution in [0.25, 0.3) is 0 Å². The van der Waals surface area contributed by atoms with Crippen molar-refractivity contribution in [1.29, 1.82) is 0 Å². The molecule has 0 N–H and O–H groups in total. The molecule has 1 aromatic rings. The third-order valence-electron chi connectivity index (χ3n) is 2.10. The summed E-state index contributed by atoms with van der Waals surface area (Å²) in [5.41, 5.74) is 1.39. The van der Waals surface area contributed by atoms with Gasteiger partial charge in [0.05, 0.1) is 5.56 Å². The standard InChI is InChI=1S/C14H20O2/c1-5-7-11-8-6-9-12(10-11)13(15)16-14(2,3)4/h6,8-10H,5,7H2,1-4H3. The van der Waals surface area contributed by atoms with E-state index in [1.807, 2.05) is 39.0 Å². The van der Waals surface area contributed by atoms with E-state index in [9.17, 15) is 4.79 Å². The summed E-state index contributed by atoms with van der Waals surface area (Å²) in [5.74, 6) is -0.245. The van der Waals surface area contributed by atoms with Crippen molar-refractivity contribution in [3.05, 3.63) is 35.4 Å². The van der Waals surface area contributed by atoms with Gasteiger partial charge < -0.3 is 4.74 Å². The van der Waals surface area contributed by atoms with Crippen LogP contribution in [0.3, 0.4) is 0 Å². The maximum Gasteiger partial charge on any atom is 0.338 e. The van der Waals surface area contributed by atoms with Gasteiger partial charge in [0.2, 0.25) is 0 Å². The number of ether oxygens (including phenoxy) is 1. The van der Waals surface area contributed by atoms with Crippen LogP contribution >= 0.6 is 0 Å². The van der Waals surface area contributed by atoms with Crippen molar-refractivity contribution in [2.45, 2.75) is 46.1 Å². The maximum atomic E-state index is 11.8. The van der Waals surface area contributed by atoms with Crippen LogP contribution < -0.4 is 0 Å². The predicted molar refractivity (Wildman–Crippen MR) is 65.6 cm³/mol. The van der Waals surface area contributed by atoms with Crippen LogP contribution in [-0.4, -0.2) is 11.6 Å². The Bertz CT molecular complexity index is 361. The lowest BCUT2D eigenvalue weighted by Gasteiger charge is -2.19. The van der Waals surface area contributed by atoms with Gasteiger partial charge in [-0.1, -0.05) is 25.5 Å². The van der Waals surface area contributed by atoms with E-state index in [-0.39, 0.29) is 5.97 Å². The van der Waals surface area contributed by atoms with Gasteiger partial charge >= 0.3 is 5.97 Å². The molecule has 0 heterocycles. The first kappa shape index (κ1) is 12.8. The summed E-state index contributed by atoms with van der Waals surface area (Å²) in [5, 5.41) is 0. The van der Waals surface area contributed by atoms with Gasteiger partial charge in [0.15, 0.2) is 0 Å². The van der Waals surface area contributed by atoms with Crippen LogP contribution in [0.1, 0.15) is 50.0 Å². The van der Waals surface area contributed by atoms with Crippen LogP contribution in [0.4, 0.5) is 0 Å². The molecular formula is C14H20O2. The zero-order valence-corrected chi connectivity index (χ0v) is 10.5. The van der Waals surface area contributed by atoms with Gasteiger partial charge in [-0.25, -0.2) is 4.79 Å². The molecule has 0 radical (unpaired) electrons. The molecule has 1 aromatic carbocycles. The average Bonchev–Trinajstić information content (AvgIpc) is 2.16. The van der Waals surface area contributed by atoms with Gasteiger partial charge in [-0.3, -0.25) is 0 Å². The van der Waals surface area contributed by atoms with E-state index in [1.165, 1.54) is 5.56 Å². The summed E-state index contributed by atoms with van der Waals surface area (Å²) in [6.45, 7) is 7.75. The van der Waals surface area contributed by atoms with Gasteiger partial charge in [0.1, 0.15) is 5.60 Å². The Labute approximate surface area is 97.6 Å². The minimum atomic E-state index is -0.433. The molecule has 2 heteroatoms. The quantitative estimate of drug-likeness (QED) is 0.727. The molecule has 0 fully saturated rings. The van der Waals surface area contributed by atoms with E-state index >= 15 is 0 Å². The van der Waals surface area contributed by atoms with Gasteiger partial charge in [-0.2, -0.15) is 0 Å². The average molecular weight is 220 g/mol. The molecule has 0 saturated heterocycles. The fourth-order valence-corrected chi connectivity index (χ4v) is 1.48. The number of esters is 1. The van der Waals surface area contributed by atoms with Crippen LogP contribution in [0.2, 0.25) is 0 Å². The second-order valence-electron chi connectivity index (χ2n) is 4.95. The lowest BCUT2D eigenvalue weighted by Crippen LogP contribution is -2.23. The van der Waals surface area contributed by atoms with Crippen LogP contribution in [0, 0.1) is 0 Å². The molecule has 0 saturated carbocycles. The van der Waals surface area contributed by atoms with Gasteiger partial charge in [0, 0.05) is 0 Å². The second kappa shape index (κ2) is 5.15. The first-order valence-electron chi connectivity index (χ1n) is 5.74. The number of carbonyl (C=O) groups excluding carboxylic acids is 1. The van der Waals surface area contributed by atoms with E-state index in [2.05, 4.69) is 6.92 Å². The summed E-state index contributed by atoms with van der Waals surface area (Å²) >= 11 is 0. The molecule has 0 atom stereocenters. The number of rotatable bonds is 3. The molecule has 0 aliphatic rings. The summed E-state index contributed by atoms with van der Waals surface area (Å²) in [7, 11) is 0.